The standard InChI is InChI=1S/C15H21N3O3.ClH/c1-21-12-6-4-11(5-7-12)15(20)18-9-14(19)17-8-13(16)10-2-3-10;/h4-7,10,13H,2-3,8-9,16H2,1H3,(H,17,19)(H,18,20);1H. The number of carbonyl (C=O) groups excluding carboxylic acids is 2. The van der Waals surface area contributed by atoms with Crippen LogP contribution < -0.4 is 21.1 Å². The maximum absolute atomic E-state index is 11.8. The Kier molecular flexibility index (Phi) is 7.14. The third kappa shape index (κ3) is 5.54. The number of benzene rings is 1. The highest BCUT2D eigenvalue weighted by Crippen LogP contribution is 2.31. The third-order valence-electron chi connectivity index (χ3n) is 3.52. The van der Waals surface area contributed by atoms with Gasteiger partial charge in [0, 0.05) is 18.2 Å². The summed E-state index contributed by atoms with van der Waals surface area (Å²) in [6.45, 7) is 0.407. The predicted octanol–water partition coefficient (Wildman–Crippen LogP) is 0.700. The number of halogens is 1. The lowest BCUT2D eigenvalue weighted by molar-refractivity contribution is -0.120. The van der Waals surface area contributed by atoms with E-state index in [-0.39, 0.29) is 36.8 Å². The fourth-order valence-corrected chi connectivity index (χ4v) is 1.99. The van der Waals surface area contributed by atoms with E-state index in [2.05, 4.69) is 10.6 Å². The lowest BCUT2D eigenvalue weighted by Crippen LogP contribution is -2.43. The molecule has 0 aromatic heterocycles. The lowest BCUT2D eigenvalue weighted by Gasteiger charge is -2.12. The number of hydrogen-bond donors (Lipinski definition) is 3. The lowest BCUT2D eigenvalue weighted by atomic mass is 10.2. The largest absolute Gasteiger partial charge is 0.497 e. The highest BCUT2D eigenvalue weighted by Gasteiger charge is 2.28. The molecular weight excluding hydrogens is 306 g/mol. The summed E-state index contributed by atoms with van der Waals surface area (Å²) in [5.74, 6) is 0.699. The van der Waals surface area contributed by atoms with Gasteiger partial charge >= 0.3 is 0 Å². The molecule has 0 aliphatic heterocycles. The molecule has 1 aliphatic carbocycles. The van der Waals surface area contributed by atoms with Crippen LogP contribution in [0.4, 0.5) is 0 Å². The highest BCUT2D eigenvalue weighted by molar-refractivity contribution is 5.96. The molecule has 122 valence electrons. The zero-order valence-corrected chi connectivity index (χ0v) is 13.3. The van der Waals surface area contributed by atoms with Crippen LogP contribution in [0, 0.1) is 5.92 Å². The van der Waals surface area contributed by atoms with Crippen molar-refractivity contribution >= 4 is 24.2 Å². The number of nitrogens with one attached hydrogen (secondary N) is 2. The van der Waals surface area contributed by atoms with E-state index in [1.54, 1.807) is 31.4 Å². The second-order valence-electron chi connectivity index (χ2n) is 5.22. The minimum Gasteiger partial charge on any atom is -0.497 e. The molecule has 1 aliphatic rings. The molecule has 1 unspecified atom stereocenters. The number of carbonyl (C=O) groups is 2. The van der Waals surface area contributed by atoms with Gasteiger partial charge in [-0.15, -0.1) is 12.4 Å². The van der Waals surface area contributed by atoms with E-state index in [0.29, 0.717) is 23.8 Å². The summed E-state index contributed by atoms with van der Waals surface area (Å²) in [4.78, 5) is 23.5. The van der Waals surface area contributed by atoms with Crippen molar-refractivity contribution in [1.82, 2.24) is 10.6 Å². The van der Waals surface area contributed by atoms with Crippen molar-refractivity contribution in [2.45, 2.75) is 18.9 Å². The number of rotatable bonds is 7. The molecule has 0 saturated heterocycles. The Balaban J connectivity index is 0.00000242. The highest BCUT2D eigenvalue weighted by atomic mass is 35.5. The van der Waals surface area contributed by atoms with Crippen LogP contribution in [0.3, 0.4) is 0 Å². The van der Waals surface area contributed by atoms with Gasteiger partial charge in [-0.3, -0.25) is 9.59 Å². The molecular formula is C15H22ClN3O3. The number of amides is 2. The summed E-state index contributed by atoms with van der Waals surface area (Å²) in [7, 11) is 1.56. The average Bonchev–Trinajstić information content (AvgIpc) is 3.35. The zero-order valence-electron chi connectivity index (χ0n) is 12.5. The molecule has 1 atom stereocenters. The molecule has 1 aromatic rings. The Morgan fingerprint density at radius 3 is 2.45 bits per heavy atom. The first-order valence-electron chi connectivity index (χ1n) is 7.04. The Labute approximate surface area is 136 Å². The van der Waals surface area contributed by atoms with Crippen LogP contribution in [-0.4, -0.2) is 38.1 Å². The van der Waals surface area contributed by atoms with Crippen molar-refractivity contribution in [2.24, 2.45) is 11.7 Å². The van der Waals surface area contributed by atoms with Gasteiger partial charge < -0.3 is 21.1 Å². The van der Waals surface area contributed by atoms with Gasteiger partial charge in [0.05, 0.1) is 13.7 Å². The van der Waals surface area contributed by atoms with Crippen LogP contribution in [0.25, 0.3) is 0 Å². The topological polar surface area (TPSA) is 93.4 Å². The zero-order chi connectivity index (χ0) is 15.2. The van der Waals surface area contributed by atoms with E-state index in [1.807, 2.05) is 0 Å². The Morgan fingerprint density at radius 1 is 1.27 bits per heavy atom. The van der Waals surface area contributed by atoms with E-state index in [9.17, 15) is 9.59 Å². The first-order valence-corrected chi connectivity index (χ1v) is 7.04. The number of hydrogen-bond acceptors (Lipinski definition) is 4. The fourth-order valence-electron chi connectivity index (χ4n) is 1.99. The van der Waals surface area contributed by atoms with Crippen LogP contribution in [0.15, 0.2) is 24.3 Å². The van der Waals surface area contributed by atoms with Gasteiger partial charge in [-0.2, -0.15) is 0 Å². The molecule has 2 rings (SSSR count). The van der Waals surface area contributed by atoms with Crippen molar-refractivity contribution in [1.29, 1.82) is 0 Å². The van der Waals surface area contributed by atoms with Crippen molar-refractivity contribution in [2.75, 3.05) is 20.2 Å². The van der Waals surface area contributed by atoms with Gasteiger partial charge in [0.1, 0.15) is 5.75 Å². The smallest absolute Gasteiger partial charge is 0.251 e. The SMILES string of the molecule is COc1ccc(C(=O)NCC(=O)NCC(N)C2CC2)cc1.Cl. The number of methoxy groups -OCH3 is 1. The molecule has 1 saturated carbocycles. The van der Waals surface area contributed by atoms with E-state index < -0.39 is 0 Å². The maximum Gasteiger partial charge on any atom is 0.251 e. The number of nitrogens with two attached hydrogens (primary N) is 1. The molecule has 6 nitrogen and oxygen atoms in total. The Morgan fingerprint density at radius 2 is 1.91 bits per heavy atom. The first kappa shape index (κ1) is 18.3. The molecule has 1 fully saturated rings. The van der Waals surface area contributed by atoms with Crippen molar-refractivity contribution < 1.29 is 14.3 Å². The summed E-state index contributed by atoms with van der Waals surface area (Å²) < 4.78 is 5.02. The first-order chi connectivity index (χ1) is 10.1. The molecule has 1 aromatic carbocycles. The summed E-state index contributed by atoms with van der Waals surface area (Å²) in [6.07, 6.45) is 2.29. The summed E-state index contributed by atoms with van der Waals surface area (Å²) in [5.41, 5.74) is 6.37. The normalized spacial score (nSPS) is 14.5. The fraction of sp³-hybridized carbons (Fsp3) is 0.467. The number of ether oxygens (including phenoxy) is 1. The average molecular weight is 328 g/mol. The summed E-state index contributed by atoms with van der Waals surface area (Å²) in [6, 6.07) is 6.71. The van der Waals surface area contributed by atoms with Gasteiger partial charge in [-0.1, -0.05) is 0 Å². The van der Waals surface area contributed by atoms with E-state index in [1.165, 1.54) is 0 Å². The van der Waals surface area contributed by atoms with E-state index >= 15 is 0 Å². The Hall–Kier alpha value is -1.79. The van der Waals surface area contributed by atoms with E-state index in [4.69, 9.17) is 10.5 Å². The Bertz CT molecular complexity index is 503. The minimum atomic E-state index is -0.292. The quantitative estimate of drug-likeness (QED) is 0.687. The van der Waals surface area contributed by atoms with Gasteiger partial charge in [-0.25, -0.2) is 0 Å². The van der Waals surface area contributed by atoms with Crippen molar-refractivity contribution in [3.8, 4) is 5.75 Å². The molecule has 0 radical (unpaired) electrons. The molecule has 0 spiro atoms. The molecule has 22 heavy (non-hydrogen) atoms. The second-order valence-corrected chi connectivity index (χ2v) is 5.22. The second kappa shape index (κ2) is 8.60. The third-order valence-corrected chi connectivity index (χ3v) is 3.52. The van der Waals surface area contributed by atoms with Crippen LogP contribution >= 0.6 is 12.4 Å². The van der Waals surface area contributed by atoms with Crippen molar-refractivity contribution in [3.63, 3.8) is 0 Å². The predicted molar refractivity (Wildman–Crippen MR) is 86.3 cm³/mol. The molecule has 7 heteroatoms. The van der Waals surface area contributed by atoms with Gasteiger partial charge in [0.2, 0.25) is 5.91 Å². The van der Waals surface area contributed by atoms with Gasteiger partial charge in [0.25, 0.3) is 5.91 Å². The summed E-state index contributed by atoms with van der Waals surface area (Å²) >= 11 is 0. The monoisotopic (exact) mass is 327 g/mol. The molecule has 2 amide bonds. The van der Waals surface area contributed by atoms with Crippen LogP contribution in [-0.2, 0) is 4.79 Å². The minimum absolute atomic E-state index is 0. The maximum atomic E-state index is 11.8. The molecule has 0 bridgehead atoms. The van der Waals surface area contributed by atoms with E-state index in [0.717, 1.165) is 12.8 Å². The molecule has 4 N–H and O–H groups in total. The van der Waals surface area contributed by atoms with Crippen molar-refractivity contribution in [3.05, 3.63) is 29.8 Å². The summed E-state index contributed by atoms with van der Waals surface area (Å²) in [5, 5.41) is 5.30. The van der Waals surface area contributed by atoms with Crippen LogP contribution in [0.5, 0.6) is 5.75 Å². The van der Waals surface area contributed by atoms with Crippen LogP contribution in [0.2, 0.25) is 0 Å². The van der Waals surface area contributed by atoms with Gasteiger partial charge in [-0.05, 0) is 43.0 Å². The van der Waals surface area contributed by atoms with Gasteiger partial charge in [0.15, 0.2) is 0 Å². The van der Waals surface area contributed by atoms with Crippen LogP contribution in [0.1, 0.15) is 23.2 Å². The molecule has 0 heterocycles.